The highest BCUT2D eigenvalue weighted by Crippen LogP contribution is 2.19. The predicted octanol–water partition coefficient (Wildman–Crippen LogP) is 2.12. The monoisotopic (exact) mass is 237 g/mol. The number of ketones is 1. The minimum atomic E-state index is 0.0694. The van der Waals surface area contributed by atoms with Gasteiger partial charge in [0.25, 0.3) is 0 Å². The van der Waals surface area contributed by atoms with Crippen molar-refractivity contribution < 1.29 is 9.59 Å². The molecule has 2 rings (SSSR count). The third-order valence-corrected chi connectivity index (χ3v) is 4.06. The smallest absolute Gasteiger partial charge is 0.223 e. The van der Waals surface area contributed by atoms with Crippen LogP contribution < -0.4 is 0 Å². The van der Waals surface area contributed by atoms with Crippen LogP contribution in [0.3, 0.4) is 0 Å². The number of nitrogens with zero attached hydrogens (tertiary/aromatic N) is 1. The van der Waals surface area contributed by atoms with Crippen molar-refractivity contribution in [3.63, 3.8) is 0 Å². The average molecular weight is 237 g/mol. The number of carbonyl (C=O) groups is 2. The van der Waals surface area contributed by atoms with Crippen LogP contribution in [0.2, 0.25) is 0 Å². The van der Waals surface area contributed by atoms with E-state index in [0.29, 0.717) is 6.42 Å². The molecular weight excluding hydrogens is 222 g/mol. The van der Waals surface area contributed by atoms with E-state index in [9.17, 15) is 9.59 Å². The van der Waals surface area contributed by atoms with Crippen LogP contribution in [0.1, 0.15) is 34.3 Å². The molecule has 0 N–H and O–H groups in total. The predicted molar refractivity (Wildman–Crippen MR) is 63.8 cm³/mol. The van der Waals surface area contributed by atoms with Crippen LogP contribution in [-0.4, -0.2) is 29.7 Å². The van der Waals surface area contributed by atoms with Crippen molar-refractivity contribution in [1.29, 1.82) is 0 Å². The largest absolute Gasteiger partial charge is 0.335 e. The lowest BCUT2D eigenvalue weighted by Crippen LogP contribution is -2.30. The molecular formula is C12H15NO2S. The summed E-state index contributed by atoms with van der Waals surface area (Å²) >= 11 is 1.54. The van der Waals surface area contributed by atoms with Gasteiger partial charge in [-0.1, -0.05) is 6.92 Å². The van der Waals surface area contributed by atoms with Crippen LogP contribution in [0.4, 0.5) is 0 Å². The second-order valence-electron chi connectivity index (χ2n) is 3.96. The topological polar surface area (TPSA) is 37.4 Å². The molecule has 3 nitrogen and oxygen atoms in total. The molecule has 1 aromatic heterocycles. The maximum atomic E-state index is 11.9. The van der Waals surface area contributed by atoms with E-state index in [0.717, 1.165) is 24.3 Å². The van der Waals surface area contributed by atoms with Gasteiger partial charge in [-0.2, -0.15) is 0 Å². The van der Waals surface area contributed by atoms with Gasteiger partial charge < -0.3 is 4.90 Å². The highest BCUT2D eigenvalue weighted by atomic mass is 32.1. The van der Waals surface area contributed by atoms with Gasteiger partial charge in [-0.15, -0.1) is 11.3 Å². The Morgan fingerprint density at radius 2 is 2.31 bits per heavy atom. The van der Waals surface area contributed by atoms with Gasteiger partial charge in [0.1, 0.15) is 0 Å². The lowest BCUT2D eigenvalue weighted by molar-refractivity contribution is -0.127. The Bertz CT molecular complexity index is 411. The summed E-state index contributed by atoms with van der Waals surface area (Å²) < 4.78 is 0. The molecule has 0 bridgehead atoms. The normalized spacial score (nSPS) is 15.8. The summed E-state index contributed by atoms with van der Waals surface area (Å²) in [5.74, 6) is 0.181. The number of aryl methyl sites for hydroxylation is 1. The van der Waals surface area contributed by atoms with E-state index >= 15 is 0 Å². The van der Waals surface area contributed by atoms with Crippen LogP contribution in [0.25, 0.3) is 0 Å². The minimum Gasteiger partial charge on any atom is -0.335 e. The summed E-state index contributed by atoms with van der Waals surface area (Å²) in [6.07, 6.45) is 2.44. The lowest BCUT2D eigenvalue weighted by Gasteiger charge is -2.13. The third-order valence-electron chi connectivity index (χ3n) is 2.79. The maximum absolute atomic E-state index is 11.9. The first-order valence-corrected chi connectivity index (χ1v) is 6.42. The fraction of sp³-hybridized carbons (Fsp3) is 0.500. The molecule has 0 spiro atoms. The molecule has 86 valence electrons. The van der Waals surface area contributed by atoms with E-state index in [2.05, 4.69) is 6.92 Å². The van der Waals surface area contributed by atoms with E-state index in [-0.39, 0.29) is 18.2 Å². The van der Waals surface area contributed by atoms with Crippen molar-refractivity contribution in [2.45, 2.75) is 26.2 Å². The number of Topliss-reactive ketones (excluding diaryl/α,β-unsaturated/α-hetero) is 1. The Morgan fingerprint density at radius 1 is 1.50 bits per heavy atom. The maximum Gasteiger partial charge on any atom is 0.223 e. The van der Waals surface area contributed by atoms with E-state index < -0.39 is 0 Å². The van der Waals surface area contributed by atoms with Crippen molar-refractivity contribution in [3.05, 3.63) is 21.9 Å². The van der Waals surface area contributed by atoms with E-state index in [1.54, 1.807) is 4.90 Å². The minimum absolute atomic E-state index is 0.0694. The van der Waals surface area contributed by atoms with E-state index in [1.165, 1.54) is 16.2 Å². The van der Waals surface area contributed by atoms with Gasteiger partial charge in [0, 0.05) is 17.8 Å². The van der Waals surface area contributed by atoms with Crippen molar-refractivity contribution in [2.75, 3.05) is 13.1 Å². The molecule has 0 radical (unpaired) electrons. The van der Waals surface area contributed by atoms with Crippen molar-refractivity contribution in [1.82, 2.24) is 4.90 Å². The van der Waals surface area contributed by atoms with Gasteiger partial charge in [-0.25, -0.2) is 0 Å². The summed E-state index contributed by atoms with van der Waals surface area (Å²) in [6, 6.07) is 3.86. The summed E-state index contributed by atoms with van der Waals surface area (Å²) in [4.78, 5) is 26.9. The molecule has 1 aromatic rings. The molecule has 0 atom stereocenters. The molecule has 1 amide bonds. The fourth-order valence-corrected chi connectivity index (χ4v) is 2.72. The Kier molecular flexibility index (Phi) is 3.39. The van der Waals surface area contributed by atoms with Gasteiger partial charge in [-0.3, -0.25) is 9.59 Å². The van der Waals surface area contributed by atoms with Crippen molar-refractivity contribution in [3.8, 4) is 0 Å². The van der Waals surface area contributed by atoms with Gasteiger partial charge in [0.05, 0.1) is 11.4 Å². The molecule has 0 saturated carbocycles. The van der Waals surface area contributed by atoms with Gasteiger partial charge >= 0.3 is 0 Å². The number of amides is 1. The van der Waals surface area contributed by atoms with E-state index in [1.807, 2.05) is 12.1 Å². The van der Waals surface area contributed by atoms with Gasteiger partial charge in [0.15, 0.2) is 5.78 Å². The summed E-state index contributed by atoms with van der Waals surface area (Å²) in [7, 11) is 0. The Morgan fingerprint density at radius 3 is 2.88 bits per heavy atom. The Labute approximate surface area is 99.1 Å². The van der Waals surface area contributed by atoms with Crippen LogP contribution in [0, 0.1) is 0 Å². The highest BCUT2D eigenvalue weighted by molar-refractivity contribution is 7.14. The molecule has 1 aliphatic rings. The van der Waals surface area contributed by atoms with Gasteiger partial charge in [0.2, 0.25) is 5.91 Å². The molecule has 1 aliphatic heterocycles. The average Bonchev–Trinajstić information content (AvgIpc) is 2.88. The molecule has 0 aromatic carbocycles. The standard InChI is InChI=1S/C12H15NO2S/c1-2-9-5-6-11(16-9)10(14)8-13-7-3-4-12(13)15/h5-6H,2-4,7-8H2,1H3. The quantitative estimate of drug-likeness (QED) is 0.752. The fourth-order valence-electron chi connectivity index (χ4n) is 1.84. The number of hydrogen-bond donors (Lipinski definition) is 0. The van der Waals surface area contributed by atoms with Crippen molar-refractivity contribution in [2.24, 2.45) is 0 Å². The van der Waals surface area contributed by atoms with Crippen molar-refractivity contribution >= 4 is 23.0 Å². The number of hydrogen-bond acceptors (Lipinski definition) is 3. The molecule has 2 heterocycles. The van der Waals surface area contributed by atoms with Crippen LogP contribution in [0.15, 0.2) is 12.1 Å². The molecule has 4 heteroatoms. The number of thiophene rings is 1. The molecule has 1 saturated heterocycles. The second kappa shape index (κ2) is 4.78. The highest BCUT2D eigenvalue weighted by Gasteiger charge is 2.23. The zero-order valence-electron chi connectivity index (χ0n) is 9.36. The number of carbonyl (C=O) groups excluding carboxylic acids is 2. The first kappa shape index (κ1) is 11.3. The Balaban J connectivity index is 1.99. The second-order valence-corrected chi connectivity index (χ2v) is 5.13. The van der Waals surface area contributed by atoms with E-state index in [4.69, 9.17) is 0 Å². The van der Waals surface area contributed by atoms with Gasteiger partial charge in [-0.05, 0) is 25.0 Å². The summed E-state index contributed by atoms with van der Waals surface area (Å²) in [5, 5.41) is 0. The first-order valence-electron chi connectivity index (χ1n) is 5.60. The Hall–Kier alpha value is -1.16. The first-order chi connectivity index (χ1) is 7.70. The SMILES string of the molecule is CCc1ccc(C(=O)CN2CCCC2=O)s1. The molecule has 0 aliphatic carbocycles. The summed E-state index contributed by atoms with van der Waals surface area (Å²) in [6.45, 7) is 3.06. The van der Waals surface area contributed by atoms with Crippen LogP contribution in [-0.2, 0) is 11.2 Å². The molecule has 1 fully saturated rings. The number of rotatable bonds is 4. The molecule has 0 unspecified atom stereocenters. The zero-order chi connectivity index (χ0) is 11.5. The third kappa shape index (κ3) is 2.32. The molecule has 16 heavy (non-hydrogen) atoms. The lowest BCUT2D eigenvalue weighted by atomic mass is 10.3. The number of likely N-dealkylation sites (tertiary alicyclic amines) is 1. The summed E-state index contributed by atoms with van der Waals surface area (Å²) in [5.41, 5.74) is 0. The van der Waals surface area contributed by atoms with Crippen LogP contribution >= 0.6 is 11.3 Å². The zero-order valence-corrected chi connectivity index (χ0v) is 10.2. The van der Waals surface area contributed by atoms with Crippen LogP contribution in [0.5, 0.6) is 0 Å².